The van der Waals surface area contributed by atoms with Crippen LogP contribution in [0.1, 0.15) is 26.7 Å². The fourth-order valence-electron chi connectivity index (χ4n) is 1.20. The third-order valence-electron chi connectivity index (χ3n) is 2.06. The van der Waals surface area contributed by atoms with Crippen LogP contribution in [0.3, 0.4) is 0 Å². The Hall–Kier alpha value is -1.47. The van der Waals surface area contributed by atoms with E-state index in [0.29, 0.717) is 6.42 Å². The second-order valence-electron chi connectivity index (χ2n) is 3.81. The summed E-state index contributed by atoms with van der Waals surface area (Å²) in [5.74, 6) is -1.29. The summed E-state index contributed by atoms with van der Waals surface area (Å²) in [6, 6.07) is -1.15. The predicted octanol–water partition coefficient (Wildman–Crippen LogP) is 1.49. The average molecular weight is 256 g/mol. The lowest BCUT2D eigenvalue weighted by Gasteiger charge is -2.25. The minimum absolute atomic E-state index is 0.127. The summed E-state index contributed by atoms with van der Waals surface area (Å²) in [6.45, 7) is 1.45. The second kappa shape index (κ2) is 5.74. The van der Waals surface area contributed by atoms with Crippen LogP contribution in [0.2, 0.25) is 0 Å². The number of carbonyl (C=O) groups is 2. The first kappa shape index (κ1) is 15.5. The Labute approximate surface area is 96.4 Å². The van der Waals surface area contributed by atoms with E-state index in [-0.39, 0.29) is 6.42 Å². The molecule has 5 nitrogen and oxygen atoms in total. The molecule has 3 N–H and O–H groups in total. The van der Waals surface area contributed by atoms with E-state index in [1.54, 1.807) is 12.2 Å². The summed E-state index contributed by atoms with van der Waals surface area (Å²) in [5, 5.41) is 12.4. The normalized spacial score (nSPS) is 14.9. The largest absolute Gasteiger partial charge is 0.480 e. The number of carbonyl (C=O) groups excluding carboxylic acids is 1. The SMILES string of the molecule is CCCC(C)(NC(=O)NCC(F)(F)F)C(=O)O. The molecule has 0 aromatic heterocycles. The Bertz CT molecular complexity index is 294. The van der Waals surface area contributed by atoms with Gasteiger partial charge in [0.15, 0.2) is 0 Å². The van der Waals surface area contributed by atoms with Crippen molar-refractivity contribution in [3.63, 3.8) is 0 Å². The van der Waals surface area contributed by atoms with Gasteiger partial charge in [0.1, 0.15) is 12.1 Å². The summed E-state index contributed by atoms with van der Waals surface area (Å²) in [6.07, 6.45) is -3.92. The van der Waals surface area contributed by atoms with Gasteiger partial charge in [0.2, 0.25) is 0 Å². The zero-order chi connectivity index (χ0) is 13.7. The quantitative estimate of drug-likeness (QED) is 0.697. The van der Waals surface area contributed by atoms with Crippen molar-refractivity contribution >= 4 is 12.0 Å². The molecule has 0 fully saturated rings. The maximum Gasteiger partial charge on any atom is 0.405 e. The molecule has 0 rings (SSSR count). The van der Waals surface area contributed by atoms with E-state index in [9.17, 15) is 22.8 Å². The van der Waals surface area contributed by atoms with Gasteiger partial charge in [-0.3, -0.25) is 0 Å². The fourth-order valence-corrected chi connectivity index (χ4v) is 1.20. The van der Waals surface area contributed by atoms with Crippen LogP contribution in [0.15, 0.2) is 0 Å². The van der Waals surface area contributed by atoms with Crippen molar-refractivity contribution in [3.8, 4) is 0 Å². The smallest absolute Gasteiger partial charge is 0.405 e. The van der Waals surface area contributed by atoms with Crippen molar-refractivity contribution in [1.29, 1.82) is 0 Å². The van der Waals surface area contributed by atoms with Crippen LogP contribution in [-0.2, 0) is 4.79 Å². The van der Waals surface area contributed by atoms with Gasteiger partial charge in [0.25, 0.3) is 0 Å². The van der Waals surface area contributed by atoms with Gasteiger partial charge in [0, 0.05) is 0 Å². The monoisotopic (exact) mass is 256 g/mol. The van der Waals surface area contributed by atoms with Gasteiger partial charge in [-0.2, -0.15) is 13.2 Å². The molecule has 1 unspecified atom stereocenters. The molecule has 0 radical (unpaired) electrons. The van der Waals surface area contributed by atoms with Gasteiger partial charge in [-0.1, -0.05) is 13.3 Å². The first-order valence-electron chi connectivity index (χ1n) is 4.97. The minimum atomic E-state index is -4.53. The topological polar surface area (TPSA) is 78.4 Å². The Morgan fingerprint density at radius 1 is 1.29 bits per heavy atom. The van der Waals surface area contributed by atoms with E-state index in [1.807, 2.05) is 5.32 Å². The van der Waals surface area contributed by atoms with Crippen LogP contribution in [0.25, 0.3) is 0 Å². The predicted molar refractivity (Wildman–Crippen MR) is 53.5 cm³/mol. The van der Waals surface area contributed by atoms with Crippen LogP contribution in [0.4, 0.5) is 18.0 Å². The molecule has 0 spiro atoms. The Morgan fingerprint density at radius 3 is 2.18 bits per heavy atom. The molecule has 0 aromatic rings. The lowest BCUT2D eigenvalue weighted by Crippen LogP contribution is -2.56. The fraction of sp³-hybridized carbons (Fsp3) is 0.778. The average Bonchev–Trinajstić information content (AvgIpc) is 2.13. The number of carboxylic acid groups (broad SMARTS) is 1. The molecule has 0 saturated heterocycles. The number of halogens is 3. The van der Waals surface area contributed by atoms with E-state index >= 15 is 0 Å². The zero-order valence-electron chi connectivity index (χ0n) is 9.52. The first-order valence-corrected chi connectivity index (χ1v) is 4.97. The van der Waals surface area contributed by atoms with Crippen LogP contribution >= 0.6 is 0 Å². The van der Waals surface area contributed by atoms with Crippen LogP contribution in [0, 0.1) is 0 Å². The number of hydrogen-bond donors (Lipinski definition) is 3. The van der Waals surface area contributed by atoms with E-state index in [2.05, 4.69) is 0 Å². The third-order valence-corrected chi connectivity index (χ3v) is 2.06. The second-order valence-corrected chi connectivity index (χ2v) is 3.81. The summed E-state index contributed by atoms with van der Waals surface area (Å²) in [7, 11) is 0. The Morgan fingerprint density at radius 2 is 1.82 bits per heavy atom. The van der Waals surface area contributed by atoms with Crippen LogP contribution in [-0.4, -0.2) is 35.4 Å². The van der Waals surface area contributed by atoms with E-state index < -0.39 is 30.3 Å². The molecule has 8 heteroatoms. The van der Waals surface area contributed by atoms with Crippen molar-refractivity contribution in [2.24, 2.45) is 0 Å². The third kappa shape index (κ3) is 5.98. The van der Waals surface area contributed by atoms with Gasteiger partial charge >= 0.3 is 18.2 Å². The molecule has 17 heavy (non-hydrogen) atoms. The lowest BCUT2D eigenvalue weighted by atomic mass is 9.97. The van der Waals surface area contributed by atoms with E-state index in [0.717, 1.165) is 0 Å². The molecule has 0 aliphatic carbocycles. The lowest BCUT2D eigenvalue weighted by molar-refractivity contribution is -0.144. The molecule has 0 aliphatic rings. The van der Waals surface area contributed by atoms with Gasteiger partial charge < -0.3 is 15.7 Å². The molecule has 0 aliphatic heterocycles. The maximum absolute atomic E-state index is 11.8. The summed E-state index contributed by atoms with van der Waals surface area (Å²) in [4.78, 5) is 22.0. The van der Waals surface area contributed by atoms with Gasteiger partial charge in [-0.15, -0.1) is 0 Å². The van der Waals surface area contributed by atoms with Crippen molar-refractivity contribution in [2.75, 3.05) is 6.54 Å². The number of carboxylic acids is 1. The molecule has 0 bridgehead atoms. The molecule has 2 amide bonds. The van der Waals surface area contributed by atoms with Crippen molar-refractivity contribution in [2.45, 2.75) is 38.4 Å². The Kier molecular flexibility index (Phi) is 5.24. The molecular weight excluding hydrogens is 241 g/mol. The first-order chi connectivity index (χ1) is 7.60. The summed E-state index contributed by atoms with van der Waals surface area (Å²) in [5.41, 5.74) is -1.57. The molecule has 100 valence electrons. The van der Waals surface area contributed by atoms with Crippen molar-refractivity contribution in [1.82, 2.24) is 10.6 Å². The number of rotatable bonds is 5. The number of alkyl halides is 3. The standard InChI is InChI=1S/C9H15F3N2O3/c1-3-4-8(2,6(15)16)14-7(17)13-5-9(10,11)12/h3-5H2,1-2H3,(H,15,16)(H2,13,14,17). The highest BCUT2D eigenvalue weighted by Gasteiger charge is 2.35. The minimum Gasteiger partial charge on any atom is -0.480 e. The molecule has 0 heterocycles. The zero-order valence-corrected chi connectivity index (χ0v) is 9.52. The highest BCUT2D eigenvalue weighted by molar-refractivity contribution is 5.85. The highest BCUT2D eigenvalue weighted by atomic mass is 19.4. The summed E-state index contributed by atoms with van der Waals surface area (Å²) >= 11 is 0. The van der Waals surface area contributed by atoms with Crippen molar-refractivity contribution < 1.29 is 27.9 Å². The Balaban J connectivity index is 4.38. The molecular formula is C9H15F3N2O3. The summed E-state index contributed by atoms with van der Waals surface area (Å²) < 4.78 is 35.4. The molecule has 0 saturated carbocycles. The molecule has 0 aromatic carbocycles. The van der Waals surface area contributed by atoms with Crippen LogP contribution < -0.4 is 10.6 Å². The maximum atomic E-state index is 11.8. The highest BCUT2D eigenvalue weighted by Crippen LogP contribution is 2.14. The van der Waals surface area contributed by atoms with Gasteiger partial charge in [0.05, 0.1) is 0 Å². The number of nitrogens with one attached hydrogen (secondary N) is 2. The number of amides is 2. The van der Waals surface area contributed by atoms with Crippen LogP contribution in [0.5, 0.6) is 0 Å². The number of hydrogen-bond acceptors (Lipinski definition) is 2. The number of urea groups is 1. The van der Waals surface area contributed by atoms with E-state index in [1.165, 1.54) is 6.92 Å². The van der Waals surface area contributed by atoms with Gasteiger partial charge in [-0.25, -0.2) is 9.59 Å². The van der Waals surface area contributed by atoms with E-state index in [4.69, 9.17) is 5.11 Å². The van der Waals surface area contributed by atoms with Crippen molar-refractivity contribution in [3.05, 3.63) is 0 Å². The van der Waals surface area contributed by atoms with Gasteiger partial charge in [-0.05, 0) is 13.3 Å². The molecule has 1 atom stereocenters. The number of aliphatic carboxylic acids is 1.